The lowest BCUT2D eigenvalue weighted by atomic mass is 9.76. The van der Waals surface area contributed by atoms with Gasteiger partial charge < -0.3 is 15.5 Å². The molecule has 0 unspecified atom stereocenters. The van der Waals surface area contributed by atoms with Gasteiger partial charge in [0.05, 0.1) is 17.9 Å². The molecule has 5 rings (SSSR count). The highest BCUT2D eigenvalue weighted by atomic mass is 19.1. The van der Waals surface area contributed by atoms with E-state index in [-0.39, 0.29) is 17.8 Å². The Kier molecular flexibility index (Phi) is 5.03. The van der Waals surface area contributed by atoms with Crippen LogP contribution in [0.2, 0.25) is 0 Å². The number of hydrogen-bond acceptors (Lipinski definition) is 6. The molecule has 2 N–H and O–H groups in total. The van der Waals surface area contributed by atoms with E-state index >= 15 is 0 Å². The van der Waals surface area contributed by atoms with Crippen LogP contribution < -0.4 is 15.5 Å². The molecular formula is C23H26FN7O. The molecule has 166 valence electrons. The number of rotatable bonds is 5. The van der Waals surface area contributed by atoms with Gasteiger partial charge in [0.1, 0.15) is 17.5 Å². The highest BCUT2D eigenvalue weighted by Gasteiger charge is 2.32. The summed E-state index contributed by atoms with van der Waals surface area (Å²) in [5.41, 5.74) is 3.62. The minimum atomic E-state index is -0.288. The second-order valence-electron chi connectivity index (χ2n) is 8.66. The Morgan fingerprint density at radius 1 is 1.22 bits per heavy atom. The number of carbonyl (C=O) groups is 1. The summed E-state index contributed by atoms with van der Waals surface area (Å²) in [6.07, 6.45) is 5.92. The number of aromatic nitrogens is 4. The summed E-state index contributed by atoms with van der Waals surface area (Å²) < 4.78 is 15.1. The van der Waals surface area contributed by atoms with Crippen LogP contribution >= 0.6 is 0 Å². The Morgan fingerprint density at radius 3 is 2.72 bits per heavy atom. The molecule has 1 fully saturated rings. The third-order valence-corrected chi connectivity index (χ3v) is 6.55. The normalized spacial score (nSPS) is 22.2. The first-order chi connectivity index (χ1) is 15.4. The molecule has 1 amide bonds. The van der Waals surface area contributed by atoms with E-state index in [2.05, 4.69) is 31.9 Å². The number of halogens is 1. The minimum absolute atomic E-state index is 0.0579. The van der Waals surface area contributed by atoms with E-state index in [1.807, 2.05) is 48.8 Å². The molecule has 2 aromatic heterocycles. The molecule has 1 aliphatic carbocycles. The first-order valence-corrected chi connectivity index (χ1v) is 10.8. The van der Waals surface area contributed by atoms with Crippen molar-refractivity contribution in [3.8, 4) is 0 Å². The smallest absolute Gasteiger partial charge is 0.246 e. The van der Waals surface area contributed by atoms with Gasteiger partial charge in [-0.3, -0.25) is 9.48 Å². The van der Waals surface area contributed by atoms with Gasteiger partial charge in [-0.15, -0.1) is 0 Å². The zero-order valence-electron chi connectivity index (χ0n) is 18.3. The zero-order valence-corrected chi connectivity index (χ0v) is 18.3. The maximum Gasteiger partial charge on any atom is 0.246 e. The average molecular weight is 436 g/mol. The highest BCUT2D eigenvalue weighted by Crippen LogP contribution is 2.44. The fourth-order valence-electron chi connectivity index (χ4n) is 4.29. The molecular weight excluding hydrogens is 409 g/mol. The number of anilines is 3. The molecule has 0 bridgehead atoms. The number of amides is 1. The molecule has 0 radical (unpaired) electrons. The quantitative estimate of drug-likeness (QED) is 0.636. The lowest BCUT2D eigenvalue weighted by Gasteiger charge is -2.35. The number of carbonyl (C=O) groups excluding carboxylic acids is 1. The predicted octanol–water partition coefficient (Wildman–Crippen LogP) is 3.63. The third-order valence-electron chi connectivity index (χ3n) is 6.55. The van der Waals surface area contributed by atoms with E-state index in [0.717, 1.165) is 24.1 Å². The maximum atomic E-state index is 13.1. The Balaban J connectivity index is 1.21. The van der Waals surface area contributed by atoms with Gasteiger partial charge in [-0.2, -0.15) is 10.1 Å². The van der Waals surface area contributed by atoms with Crippen LogP contribution in [-0.4, -0.2) is 38.7 Å². The van der Waals surface area contributed by atoms with Crippen molar-refractivity contribution in [1.29, 1.82) is 0 Å². The standard InChI is InChI=1S/C23H26FN7O/c1-13-20-21(30(3)14(2)22(32)28-20)29-23(27-13)25-10-15-11-26-31(12-15)19-8-17(9-19)16-4-6-18(24)7-5-16/h4-7,11-12,14,17,19H,8-10H2,1-3H3,(H,28,32)(H,25,27,29)/t14-,17?,19?/m0/s1. The van der Waals surface area contributed by atoms with E-state index in [1.54, 1.807) is 0 Å². The van der Waals surface area contributed by atoms with Crippen molar-refractivity contribution < 1.29 is 9.18 Å². The SMILES string of the molecule is Cc1nc(NCc2cnn(C3CC(c4ccc(F)cc4)C3)c2)nc2c1NC(=O)[C@H](C)N2C. The van der Waals surface area contributed by atoms with Gasteiger partial charge in [-0.1, -0.05) is 12.1 Å². The fraction of sp³-hybridized carbons (Fsp3) is 0.391. The van der Waals surface area contributed by atoms with Crippen LogP contribution in [-0.2, 0) is 11.3 Å². The van der Waals surface area contributed by atoms with E-state index in [0.29, 0.717) is 36.0 Å². The lowest BCUT2D eigenvalue weighted by molar-refractivity contribution is -0.117. The number of fused-ring (bicyclic) bond motifs is 1. The monoisotopic (exact) mass is 435 g/mol. The van der Waals surface area contributed by atoms with E-state index in [1.165, 1.54) is 17.7 Å². The van der Waals surface area contributed by atoms with Gasteiger partial charge in [-0.05, 0) is 50.3 Å². The van der Waals surface area contributed by atoms with Crippen LogP contribution in [0.5, 0.6) is 0 Å². The zero-order chi connectivity index (χ0) is 22.4. The van der Waals surface area contributed by atoms with Gasteiger partial charge in [0.25, 0.3) is 0 Å². The first-order valence-electron chi connectivity index (χ1n) is 10.8. The molecule has 1 saturated carbocycles. The lowest BCUT2D eigenvalue weighted by Crippen LogP contribution is -2.44. The number of nitrogens with zero attached hydrogens (tertiary/aromatic N) is 5. The molecule has 1 atom stereocenters. The van der Waals surface area contributed by atoms with Gasteiger partial charge in [0, 0.05) is 25.4 Å². The summed E-state index contributed by atoms with van der Waals surface area (Å²) in [6.45, 7) is 4.26. The first kappa shape index (κ1) is 20.4. The molecule has 32 heavy (non-hydrogen) atoms. The van der Waals surface area contributed by atoms with Crippen LogP contribution in [0, 0.1) is 12.7 Å². The summed E-state index contributed by atoms with van der Waals surface area (Å²) in [6, 6.07) is 6.87. The van der Waals surface area contributed by atoms with Crippen molar-refractivity contribution in [2.75, 3.05) is 22.6 Å². The van der Waals surface area contributed by atoms with Crippen molar-refractivity contribution in [2.45, 2.75) is 51.2 Å². The minimum Gasteiger partial charge on any atom is -0.350 e. The molecule has 3 heterocycles. The second kappa shape index (κ2) is 7.89. The van der Waals surface area contributed by atoms with Gasteiger partial charge in [0.2, 0.25) is 11.9 Å². The summed E-state index contributed by atoms with van der Waals surface area (Å²) in [7, 11) is 1.86. The number of hydrogen-bond donors (Lipinski definition) is 2. The Morgan fingerprint density at radius 2 is 1.97 bits per heavy atom. The molecule has 3 aromatic rings. The van der Waals surface area contributed by atoms with Gasteiger partial charge in [0.15, 0.2) is 5.82 Å². The Bertz CT molecular complexity index is 1150. The van der Waals surface area contributed by atoms with Crippen LogP contribution in [0.15, 0.2) is 36.7 Å². The number of nitrogens with one attached hydrogen (secondary N) is 2. The van der Waals surface area contributed by atoms with E-state index in [9.17, 15) is 9.18 Å². The molecule has 0 saturated heterocycles. The molecule has 0 spiro atoms. The topological polar surface area (TPSA) is 88.0 Å². The summed E-state index contributed by atoms with van der Waals surface area (Å²) >= 11 is 0. The molecule has 9 heteroatoms. The van der Waals surface area contributed by atoms with Gasteiger partial charge in [-0.25, -0.2) is 9.37 Å². The van der Waals surface area contributed by atoms with Crippen LogP contribution in [0.3, 0.4) is 0 Å². The van der Waals surface area contributed by atoms with Crippen molar-refractivity contribution in [1.82, 2.24) is 19.7 Å². The van der Waals surface area contributed by atoms with E-state index in [4.69, 9.17) is 0 Å². The fourth-order valence-corrected chi connectivity index (χ4v) is 4.29. The third kappa shape index (κ3) is 3.68. The largest absolute Gasteiger partial charge is 0.350 e. The summed E-state index contributed by atoms with van der Waals surface area (Å²) in [5, 5.41) is 10.7. The summed E-state index contributed by atoms with van der Waals surface area (Å²) in [4.78, 5) is 23.0. The van der Waals surface area contributed by atoms with Crippen molar-refractivity contribution in [3.63, 3.8) is 0 Å². The average Bonchev–Trinajstić information content (AvgIpc) is 3.20. The number of benzene rings is 1. The molecule has 2 aliphatic rings. The Hall–Kier alpha value is -3.49. The van der Waals surface area contributed by atoms with Crippen LogP contribution in [0.25, 0.3) is 0 Å². The molecule has 8 nitrogen and oxygen atoms in total. The second-order valence-corrected chi connectivity index (χ2v) is 8.66. The van der Waals surface area contributed by atoms with Crippen molar-refractivity contribution in [3.05, 3.63) is 59.3 Å². The predicted molar refractivity (Wildman–Crippen MR) is 120 cm³/mol. The van der Waals surface area contributed by atoms with Gasteiger partial charge >= 0.3 is 0 Å². The molecule has 1 aliphatic heterocycles. The maximum absolute atomic E-state index is 13.1. The van der Waals surface area contributed by atoms with E-state index < -0.39 is 0 Å². The van der Waals surface area contributed by atoms with Crippen molar-refractivity contribution >= 4 is 23.4 Å². The van der Waals surface area contributed by atoms with Crippen LogP contribution in [0.4, 0.5) is 21.8 Å². The highest BCUT2D eigenvalue weighted by molar-refractivity contribution is 6.03. The van der Waals surface area contributed by atoms with Crippen molar-refractivity contribution in [2.24, 2.45) is 0 Å². The Labute approximate surface area is 185 Å². The van der Waals surface area contributed by atoms with Crippen LogP contribution in [0.1, 0.15) is 48.5 Å². The number of likely N-dealkylation sites (N-methyl/N-ethyl adjacent to an activating group) is 1. The number of aryl methyl sites for hydroxylation is 1. The summed E-state index contributed by atoms with van der Waals surface area (Å²) in [5.74, 6) is 1.43. The molecule has 1 aromatic carbocycles.